The van der Waals surface area contributed by atoms with E-state index in [1.807, 2.05) is 0 Å². The number of esters is 1. The van der Waals surface area contributed by atoms with Gasteiger partial charge < -0.3 is 14.7 Å². The van der Waals surface area contributed by atoms with Gasteiger partial charge in [0.15, 0.2) is 0 Å². The van der Waals surface area contributed by atoms with Gasteiger partial charge in [0.25, 0.3) is 0 Å². The Morgan fingerprint density at radius 2 is 2.12 bits per heavy atom. The molecule has 0 bridgehead atoms. The van der Waals surface area contributed by atoms with E-state index in [0.29, 0.717) is 11.3 Å². The number of rotatable bonds is 4. The molecule has 86 valence electrons. The van der Waals surface area contributed by atoms with E-state index in [0.717, 1.165) is 0 Å². The van der Waals surface area contributed by atoms with Gasteiger partial charge in [0.1, 0.15) is 6.54 Å². The Labute approximate surface area is 93.2 Å². The summed E-state index contributed by atoms with van der Waals surface area (Å²) in [7, 11) is 2.94. The first-order chi connectivity index (χ1) is 7.54. The number of carboxylic acids is 1. The van der Waals surface area contributed by atoms with Gasteiger partial charge in [-0.1, -0.05) is 6.07 Å². The molecule has 0 heterocycles. The Balaban J connectivity index is 2.89. The zero-order chi connectivity index (χ0) is 12.1. The molecule has 0 unspecified atom stereocenters. The summed E-state index contributed by atoms with van der Waals surface area (Å²) in [6.07, 6.45) is 0. The van der Waals surface area contributed by atoms with Crippen molar-refractivity contribution in [2.24, 2.45) is 0 Å². The molecule has 0 spiro atoms. The van der Waals surface area contributed by atoms with Crippen molar-refractivity contribution >= 4 is 17.6 Å². The third-order valence-corrected chi connectivity index (χ3v) is 2.08. The van der Waals surface area contributed by atoms with Crippen LogP contribution in [0.3, 0.4) is 0 Å². The molecule has 0 fully saturated rings. The number of aliphatic carboxylic acids is 1. The summed E-state index contributed by atoms with van der Waals surface area (Å²) in [6, 6.07) is 6.62. The maximum absolute atomic E-state index is 11.3. The molecule has 1 aromatic carbocycles. The minimum Gasteiger partial charge on any atom is -0.480 e. The molecule has 0 aliphatic heterocycles. The number of hydrogen-bond acceptors (Lipinski definition) is 4. The van der Waals surface area contributed by atoms with Crippen molar-refractivity contribution < 1.29 is 19.4 Å². The van der Waals surface area contributed by atoms with Crippen molar-refractivity contribution in [3.8, 4) is 0 Å². The number of carbonyl (C=O) groups excluding carboxylic acids is 1. The molecule has 1 N–H and O–H groups in total. The molecule has 1 rings (SSSR count). The monoisotopic (exact) mass is 223 g/mol. The fraction of sp³-hybridized carbons (Fsp3) is 0.273. The number of methoxy groups -OCH3 is 1. The van der Waals surface area contributed by atoms with Crippen LogP contribution in [0.25, 0.3) is 0 Å². The number of ether oxygens (including phenoxy) is 1. The lowest BCUT2D eigenvalue weighted by Gasteiger charge is -2.17. The number of benzene rings is 1. The van der Waals surface area contributed by atoms with Crippen molar-refractivity contribution in [3.05, 3.63) is 29.8 Å². The van der Waals surface area contributed by atoms with Gasteiger partial charge in [-0.3, -0.25) is 4.79 Å². The maximum Gasteiger partial charge on any atom is 0.337 e. The molecule has 0 saturated carbocycles. The lowest BCUT2D eigenvalue weighted by atomic mass is 10.2. The summed E-state index contributed by atoms with van der Waals surface area (Å²) >= 11 is 0. The van der Waals surface area contributed by atoms with Gasteiger partial charge in [-0.05, 0) is 18.2 Å². The van der Waals surface area contributed by atoms with E-state index < -0.39 is 11.9 Å². The predicted molar refractivity (Wildman–Crippen MR) is 58.7 cm³/mol. The lowest BCUT2D eigenvalue weighted by molar-refractivity contribution is -0.135. The van der Waals surface area contributed by atoms with Crippen LogP contribution < -0.4 is 4.90 Å². The largest absolute Gasteiger partial charge is 0.480 e. The van der Waals surface area contributed by atoms with E-state index in [-0.39, 0.29) is 6.54 Å². The van der Waals surface area contributed by atoms with Crippen molar-refractivity contribution in [2.75, 3.05) is 25.6 Å². The predicted octanol–water partition coefficient (Wildman–Crippen LogP) is 0.994. The van der Waals surface area contributed by atoms with Crippen LogP contribution in [0.2, 0.25) is 0 Å². The van der Waals surface area contributed by atoms with Gasteiger partial charge in [0, 0.05) is 12.7 Å². The van der Waals surface area contributed by atoms with E-state index in [2.05, 4.69) is 4.74 Å². The summed E-state index contributed by atoms with van der Waals surface area (Å²) in [4.78, 5) is 23.3. The second-order valence-electron chi connectivity index (χ2n) is 3.29. The number of hydrogen-bond donors (Lipinski definition) is 1. The van der Waals surface area contributed by atoms with E-state index >= 15 is 0 Å². The topological polar surface area (TPSA) is 66.8 Å². The molecule has 5 heteroatoms. The molecule has 5 nitrogen and oxygen atoms in total. The quantitative estimate of drug-likeness (QED) is 0.771. The Hall–Kier alpha value is -2.04. The van der Waals surface area contributed by atoms with Crippen molar-refractivity contribution in [2.45, 2.75) is 0 Å². The fourth-order valence-corrected chi connectivity index (χ4v) is 1.28. The zero-order valence-corrected chi connectivity index (χ0v) is 9.14. The van der Waals surface area contributed by atoms with Crippen LogP contribution in [0, 0.1) is 0 Å². The molecular weight excluding hydrogens is 210 g/mol. The highest BCUT2D eigenvalue weighted by Gasteiger charge is 2.09. The van der Waals surface area contributed by atoms with Crippen molar-refractivity contribution in [1.82, 2.24) is 0 Å². The molecule has 0 atom stereocenters. The second-order valence-corrected chi connectivity index (χ2v) is 3.29. The van der Waals surface area contributed by atoms with Crippen LogP contribution in [0.5, 0.6) is 0 Å². The molecule has 0 amide bonds. The second kappa shape index (κ2) is 5.16. The molecule has 0 aliphatic carbocycles. The lowest BCUT2D eigenvalue weighted by Crippen LogP contribution is -2.25. The normalized spacial score (nSPS) is 9.62. The van der Waals surface area contributed by atoms with Gasteiger partial charge in [-0.15, -0.1) is 0 Å². The van der Waals surface area contributed by atoms with Crippen LogP contribution in [0.4, 0.5) is 5.69 Å². The Bertz CT molecular complexity index is 403. The van der Waals surface area contributed by atoms with Crippen LogP contribution in [0.15, 0.2) is 24.3 Å². The minimum absolute atomic E-state index is 0.120. The van der Waals surface area contributed by atoms with Gasteiger partial charge in [-0.2, -0.15) is 0 Å². The first kappa shape index (κ1) is 12.0. The highest BCUT2D eigenvalue weighted by atomic mass is 16.5. The number of likely N-dealkylation sites (N-methyl/N-ethyl adjacent to an activating group) is 1. The van der Waals surface area contributed by atoms with Gasteiger partial charge >= 0.3 is 11.9 Å². The average Bonchev–Trinajstić information content (AvgIpc) is 2.27. The molecule has 0 aromatic heterocycles. The molecular formula is C11H13NO4. The Morgan fingerprint density at radius 1 is 1.44 bits per heavy atom. The zero-order valence-electron chi connectivity index (χ0n) is 9.14. The minimum atomic E-state index is -0.925. The van der Waals surface area contributed by atoms with Gasteiger partial charge in [0.2, 0.25) is 0 Å². The third-order valence-electron chi connectivity index (χ3n) is 2.08. The summed E-state index contributed by atoms with van der Waals surface area (Å²) in [5.74, 6) is -1.36. The van der Waals surface area contributed by atoms with Gasteiger partial charge in [-0.25, -0.2) is 4.79 Å². The molecule has 16 heavy (non-hydrogen) atoms. The van der Waals surface area contributed by atoms with Crippen molar-refractivity contribution in [1.29, 1.82) is 0 Å². The van der Waals surface area contributed by atoms with E-state index in [4.69, 9.17) is 5.11 Å². The van der Waals surface area contributed by atoms with E-state index in [9.17, 15) is 9.59 Å². The number of anilines is 1. The molecule has 1 aromatic rings. The first-order valence-electron chi connectivity index (χ1n) is 4.66. The highest BCUT2D eigenvalue weighted by molar-refractivity contribution is 5.90. The number of carbonyl (C=O) groups is 2. The summed E-state index contributed by atoms with van der Waals surface area (Å²) < 4.78 is 4.58. The Kier molecular flexibility index (Phi) is 3.88. The van der Waals surface area contributed by atoms with E-state index in [1.54, 1.807) is 31.3 Å². The average molecular weight is 223 g/mol. The highest BCUT2D eigenvalue weighted by Crippen LogP contribution is 2.15. The fourth-order valence-electron chi connectivity index (χ4n) is 1.28. The summed E-state index contributed by atoms with van der Waals surface area (Å²) in [5.41, 5.74) is 1.06. The van der Waals surface area contributed by atoms with Gasteiger partial charge in [0.05, 0.1) is 12.7 Å². The standard InChI is InChI=1S/C11H13NO4/c1-12(7-10(13)14)9-5-3-4-8(6-9)11(15)16-2/h3-6H,7H2,1-2H3,(H,13,14). The first-order valence-corrected chi connectivity index (χ1v) is 4.66. The number of nitrogens with zero attached hydrogens (tertiary/aromatic N) is 1. The smallest absolute Gasteiger partial charge is 0.337 e. The van der Waals surface area contributed by atoms with Crippen molar-refractivity contribution in [3.63, 3.8) is 0 Å². The third kappa shape index (κ3) is 2.98. The SMILES string of the molecule is COC(=O)c1cccc(N(C)CC(=O)O)c1. The summed E-state index contributed by atoms with van der Waals surface area (Å²) in [6.45, 7) is -0.120. The summed E-state index contributed by atoms with van der Waals surface area (Å²) in [5, 5.41) is 8.64. The molecule has 0 aliphatic rings. The Morgan fingerprint density at radius 3 is 2.69 bits per heavy atom. The van der Waals surface area contributed by atoms with Crippen LogP contribution >= 0.6 is 0 Å². The van der Waals surface area contributed by atoms with Crippen LogP contribution in [-0.2, 0) is 9.53 Å². The van der Waals surface area contributed by atoms with Crippen LogP contribution in [-0.4, -0.2) is 37.7 Å². The maximum atomic E-state index is 11.3. The van der Waals surface area contributed by atoms with Crippen LogP contribution in [0.1, 0.15) is 10.4 Å². The molecule has 0 radical (unpaired) electrons. The van der Waals surface area contributed by atoms with E-state index in [1.165, 1.54) is 12.0 Å². The molecule has 0 saturated heterocycles. The number of carboxylic acid groups (broad SMARTS) is 1.